The maximum atomic E-state index is 4.83. The molecule has 0 bridgehead atoms. The van der Waals surface area contributed by atoms with Gasteiger partial charge in [-0.05, 0) is 50.7 Å². The van der Waals surface area contributed by atoms with E-state index in [1.165, 1.54) is 37.0 Å². The summed E-state index contributed by atoms with van der Waals surface area (Å²) < 4.78 is 2.46. The van der Waals surface area contributed by atoms with Gasteiger partial charge in [-0.15, -0.1) is 0 Å². The van der Waals surface area contributed by atoms with Crippen molar-refractivity contribution < 1.29 is 0 Å². The van der Waals surface area contributed by atoms with Crippen molar-refractivity contribution in [1.29, 1.82) is 0 Å². The number of hydrogen-bond acceptors (Lipinski definition) is 2. The van der Waals surface area contributed by atoms with Gasteiger partial charge in [-0.25, -0.2) is 4.98 Å². The fourth-order valence-corrected chi connectivity index (χ4v) is 2.97. The van der Waals surface area contributed by atoms with Gasteiger partial charge in [-0.2, -0.15) is 0 Å². The van der Waals surface area contributed by atoms with E-state index < -0.39 is 0 Å². The highest BCUT2D eigenvalue weighted by Gasteiger charge is 2.30. The molecule has 3 heteroatoms. The number of nitrogens with zero attached hydrogens (tertiary/aromatic N) is 2. The summed E-state index contributed by atoms with van der Waals surface area (Å²) in [6.07, 6.45) is 5.41. The highest BCUT2D eigenvalue weighted by atomic mass is 15.2. The zero-order chi connectivity index (χ0) is 12.8. The van der Waals surface area contributed by atoms with Gasteiger partial charge in [-0.3, -0.25) is 0 Å². The zero-order valence-electron chi connectivity index (χ0n) is 11.5. The lowest BCUT2D eigenvalue weighted by Gasteiger charge is -2.13. The summed E-state index contributed by atoms with van der Waals surface area (Å²) in [5, 5.41) is 3.66. The van der Waals surface area contributed by atoms with Crippen LogP contribution in [0.3, 0.4) is 0 Å². The van der Waals surface area contributed by atoms with Crippen molar-refractivity contribution in [3.63, 3.8) is 0 Å². The molecule has 2 saturated carbocycles. The van der Waals surface area contributed by atoms with Gasteiger partial charge in [0, 0.05) is 12.1 Å². The molecule has 0 aliphatic heterocycles. The second kappa shape index (κ2) is 4.34. The highest BCUT2D eigenvalue weighted by molar-refractivity contribution is 5.76. The second-order valence-corrected chi connectivity index (χ2v) is 6.12. The van der Waals surface area contributed by atoms with Crippen LogP contribution in [0.2, 0.25) is 0 Å². The Bertz CT molecular complexity index is 593. The lowest BCUT2D eigenvalue weighted by Crippen LogP contribution is -2.28. The smallest absolute Gasteiger partial charge is 0.124 e. The first kappa shape index (κ1) is 11.5. The summed E-state index contributed by atoms with van der Waals surface area (Å²) in [4.78, 5) is 4.83. The predicted molar refractivity (Wildman–Crippen MR) is 77.0 cm³/mol. The number of benzene rings is 1. The third-order valence-electron chi connectivity index (χ3n) is 4.49. The molecule has 2 aliphatic rings. The maximum Gasteiger partial charge on any atom is 0.124 e. The van der Waals surface area contributed by atoms with E-state index in [9.17, 15) is 0 Å². The number of para-hydroxylation sites is 2. The lowest BCUT2D eigenvalue weighted by atomic mass is 10.2. The van der Waals surface area contributed by atoms with Crippen molar-refractivity contribution in [2.24, 2.45) is 5.92 Å². The number of rotatable bonds is 5. The quantitative estimate of drug-likeness (QED) is 0.888. The molecule has 0 amide bonds. The van der Waals surface area contributed by atoms with E-state index in [0.717, 1.165) is 18.0 Å². The van der Waals surface area contributed by atoms with Crippen molar-refractivity contribution >= 4 is 11.0 Å². The molecule has 0 spiro atoms. The molecule has 1 heterocycles. The van der Waals surface area contributed by atoms with Crippen LogP contribution in [-0.4, -0.2) is 15.6 Å². The highest BCUT2D eigenvalue weighted by Crippen LogP contribution is 2.38. The Morgan fingerprint density at radius 1 is 1.26 bits per heavy atom. The summed E-state index contributed by atoms with van der Waals surface area (Å²) in [5.74, 6) is 2.12. The Morgan fingerprint density at radius 3 is 2.79 bits per heavy atom. The minimum absolute atomic E-state index is 0.632. The molecule has 2 fully saturated rings. The zero-order valence-corrected chi connectivity index (χ0v) is 11.5. The van der Waals surface area contributed by atoms with Crippen LogP contribution in [0.25, 0.3) is 11.0 Å². The Kier molecular flexibility index (Phi) is 2.62. The molecule has 0 saturated heterocycles. The van der Waals surface area contributed by atoms with E-state index in [0.29, 0.717) is 12.1 Å². The van der Waals surface area contributed by atoms with Crippen molar-refractivity contribution in [2.75, 3.05) is 0 Å². The van der Waals surface area contributed by atoms with E-state index >= 15 is 0 Å². The van der Waals surface area contributed by atoms with Crippen LogP contribution in [0, 0.1) is 5.92 Å². The molecule has 100 valence electrons. The van der Waals surface area contributed by atoms with Crippen LogP contribution in [0.1, 0.15) is 44.5 Å². The fraction of sp³-hybridized carbons (Fsp3) is 0.562. The summed E-state index contributed by atoms with van der Waals surface area (Å²) in [6, 6.07) is 9.85. The van der Waals surface area contributed by atoms with Gasteiger partial charge >= 0.3 is 0 Å². The van der Waals surface area contributed by atoms with Gasteiger partial charge in [0.15, 0.2) is 0 Å². The number of aromatic nitrogens is 2. The van der Waals surface area contributed by atoms with Gasteiger partial charge in [0.2, 0.25) is 0 Å². The first-order chi connectivity index (χ1) is 9.33. The van der Waals surface area contributed by atoms with Gasteiger partial charge in [0.05, 0.1) is 17.6 Å². The third-order valence-corrected chi connectivity index (χ3v) is 4.49. The normalized spacial score (nSPS) is 20.9. The molecule has 1 aromatic carbocycles. The van der Waals surface area contributed by atoms with Crippen LogP contribution in [0.4, 0.5) is 0 Å². The maximum absolute atomic E-state index is 4.83. The lowest BCUT2D eigenvalue weighted by molar-refractivity contribution is 0.479. The molecule has 2 aliphatic carbocycles. The SMILES string of the molecule is C[C@@H](NCc1nc2ccccc2n1C1CC1)C1CC1. The van der Waals surface area contributed by atoms with E-state index in [2.05, 4.69) is 41.1 Å². The summed E-state index contributed by atoms with van der Waals surface area (Å²) >= 11 is 0. The van der Waals surface area contributed by atoms with Gasteiger partial charge in [-0.1, -0.05) is 12.1 Å². The third kappa shape index (κ3) is 2.16. The van der Waals surface area contributed by atoms with Crippen molar-refractivity contribution in [1.82, 2.24) is 14.9 Å². The van der Waals surface area contributed by atoms with Gasteiger partial charge in [0.1, 0.15) is 5.82 Å². The Morgan fingerprint density at radius 2 is 2.05 bits per heavy atom. The van der Waals surface area contributed by atoms with Gasteiger partial charge in [0.25, 0.3) is 0 Å². The van der Waals surface area contributed by atoms with Crippen LogP contribution in [-0.2, 0) is 6.54 Å². The first-order valence-electron chi connectivity index (χ1n) is 7.52. The molecule has 19 heavy (non-hydrogen) atoms. The molecule has 4 rings (SSSR count). The summed E-state index contributed by atoms with van der Waals surface area (Å²) in [7, 11) is 0. The molecule has 3 nitrogen and oxygen atoms in total. The van der Waals surface area contributed by atoms with Crippen LogP contribution in [0.5, 0.6) is 0 Å². The number of hydrogen-bond donors (Lipinski definition) is 1. The van der Waals surface area contributed by atoms with Crippen molar-refractivity contribution in [3.05, 3.63) is 30.1 Å². The molecular formula is C16H21N3. The average Bonchev–Trinajstić information content (AvgIpc) is 3.31. The Hall–Kier alpha value is -1.35. The standard InChI is InChI=1S/C16H21N3/c1-11(12-6-7-12)17-10-16-18-14-4-2-3-5-15(14)19(16)13-8-9-13/h2-5,11-13,17H,6-10H2,1H3/t11-/m1/s1. The van der Waals surface area contributed by atoms with E-state index in [1.807, 2.05) is 0 Å². The van der Waals surface area contributed by atoms with Crippen LogP contribution in [0.15, 0.2) is 24.3 Å². The van der Waals surface area contributed by atoms with Crippen molar-refractivity contribution in [3.8, 4) is 0 Å². The minimum Gasteiger partial charge on any atom is -0.324 e. The predicted octanol–water partition coefficient (Wildman–Crippen LogP) is 3.26. The molecular weight excluding hydrogens is 234 g/mol. The van der Waals surface area contributed by atoms with E-state index in [-0.39, 0.29) is 0 Å². The number of fused-ring (bicyclic) bond motifs is 1. The Labute approximate surface area is 114 Å². The van der Waals surface area contributed by atoms with Crippen molar-refractivity contribution in [2.45, 2.75) is 51.2 Å². The minimum atomic E-state index is 0.632. The molecule has 0 unspecified atom stereocenters. The molecule has 1 N–H and O–H groups in total. The first-order valence-corrected chi connectivity index (χ1v) is 7.52. The molecule has 1 atom stereocenters. The van der Waals surface area contributed by atoms with E-state index in [4.69, 9.17) is 4.98 Å². The topological polar surface area (TPSA) is 29.9 Å². The number of nitrogens with one attached hydrogen (secondary N) is 1. The van der Waals surface area contributed by atoms with Crippen LogP contribution >= 0.6 is 0 Å². The van der Waals surface area contributed by atoms with Gasteiger partial charge < -0.3 is 9.88 Å². The number of imidazole rings is 1. The largest absolute Gasteiger partial charge is 0.324 e. The molecule has 2 aromatic rings. The Balaban J connectivity index is 1.62. The van der Waals surface area contributed by atoms with Crippen LogP contribution < -0.4 is 5.32 Å². The van der Waals surface area contributed by atoms with E-state index in [1.54, 1.807) is 0 Å². The average molecular weight is 255 g/mol. The molecule has 1 aromatic heterocycles. The summed E-state index contributed by atoms with van der Waals surface area (Å²) in [6.45, 7) is 3.21. The molecule has 0 radical (unpaired) electrons. The summed E-state index contributed by atoms with van der Waals surface area (Å²) in [5.41, 5.74) is 2.45. The fourth-order valence-electron chi connectivity index (χ4n) is 2.97. The monoisotopic (exact) mass is 255 g/mol. The second-order valence-electron chi connectivity index (χ2n) is 6.12.